The van der Waals surface area contributed by atoms with E-state index in [1.54, 1.807) is 0 Å². The number of hydrogen-bond donors (Lipinski definition) is 1. The number of nitrogens with zero attached hydrogens (tertiary/aromatic N) is 1. The Kier molecular flexibility index (Phi) is 5.11. The third-order valence-electron chi connectivity index (χ3n) is 5.08. The van der Waals surface area contributed by atoms with Crippen molar-refractivity contribution in [3.8, 4) is 0 Å². The minimum atomic E-state index is -0.202. The molecule has 0 aromatic heterocycles. The molecule has 2 unspecified atom stereocenters. The summed E-state index contributed by atoms with van der Waals surface area (Å²) < 4.78 is 0. The summed E-state index contributed by atoms with van der Waals surface area (Å²) in [5, 5.41) is 3.71. The first-order chi connectivity index (χ1) is 9.50. The van der Waals surface area contributed by atoms with Crippen LogP contribution in [0.2, 0.25) is 0 Å². The molecule has 1 heterocycles. The van der Waals surface area contributed by atoms with Crippen LogP contribution in [-0.4, -0.2) is 28.6 Å². The van der Waals surface area contributed by atoms with E-state index in [1.165, 1.54) is 19.3 Å². The summed E-state index contributed by atoms with van der Waals surface area (Å²) in [5.41, 5.74) is -0.202. The van der Waals surface area contributed by atoms with Gasteiger partial charge in [-0.25, -0.2) is 0 Å². The molecule has 2 rings (SSSR count). The average molecular weight is 280 g/mol. The number of hydrogen-bond acceptors (Lipinski definition) is 2. The lowest BCUT2D eigenvalue weighted by molar-refractivity contribution is -0.135. The molecule has 1 spiro atoms. The Hall–Kier alpha value is -0.570. The number of nitrogens with one attached hydrogen (secondary N) is 1. The van der Waals surface area contributed by atoms with Gasteiger partial charge in [-0.2, -0.15) is 0 Å². The quantitative estimate of drug-likeness (QED) is 0.805. The molecule has 0 radical (unpaired) electrons. The molecule has 1 aliphatic heterocycles. The molecule has 2 aliphatic rings. The summed E-state index contributed by atoms with van der Waals surface area (Å²) in [6.07, 6.45) is 9.30. The average Bonchev–Trinajstić information content (AvgIpc) is 2.95. The Balaban J connectivity index is 2.08. The molecule has 0 bridgehead atoms. The molecule has 3 heteroatoms. The van der Waals surface area contributed by atoms with Crippen molar-refractivity contribution in [1.82, 2.24) is 10.2 Å². The van der Waals surface area contributed by atoms with Crippen molar-refractivity contribution in [3.05, 3.63) is 0 Å². The maximum atomic E-state index is 13.0. The monoisotopic (exact) mass is 280 g/mol. The zero-order valence-corrected chi connectivity index (χ0v) is 13.7. The molecule has 2 fully saturated rings. The van der Waals surface area contributed by atoms with Crippen molar-refractivity contribution in [2.45, 2.75) is 96.8 Å². The second-order valence-corrected chi connectivity index (χ2v) is 7.27. The van der Waals surface area contributed by atoms with Crippen LogP contribution >= 0.6 is 0 Å². The number of rotatable bonds is 6. The van der Waals surface area contributed by atoms with E-state index in [9.17, 15) is 4.79 Å². The topological polar surface area (TPSA) is 32.3 Å². The maximum Gasteiger partial charge on any atom is 0.244 e. The Morgan fingerprint density at radius 3 is 2.45 bits per heavy atom. The summed E-state index contributed by atoms with van der Waals surface area (Å²) in [6, 6.07) is 0.369. The van der Waals surface area contributed by atoms with E-state index in [4.69, 9.17) is 0 Å². The van der Waals surface area contributed by atoms with Gasteiger partial charge in [0.2, 0.25) is 5.91 Å². The maximum absolute atomic E-state index is 13.0. The second kappa shape index (κ2) is 6.46. The minimum absolute atomic E-state index is 0.202. The van der Waals surface area contributed by atoms with E-state index in [0.717, 1.165) is 32.1 Å². The zero-order valence-electron chi connectivity index (χ0n) is 13.7. The standard InChI is InChI=1S/C17H32N2O/c1-5-8-15-18-17(11-6-7-12-17)16(20)19(15)14(4)10-9-13(2)3/h13-15,18H,5-12H2,1-4H3. The van der Waals surface area contributed by atoms with E-state index in [0.29, 0.717) is 17.9 Å². The number of amides is 1. The van der Waals surface area contributed by atoms with Crippen LogP contribution in [0.1, 0.15) is 79.1 Å². The predicted octanol–water partition coefficient (Wildman–Crippen LogP) is 3.68. The molecular formula is C17H32N2O. The Bertz CT molecular complexity index is 334. The highest BCUT2D eigenvalue weighted by Crippen LogP contribution is 2.38. The molecule has 116 valence electrons. The zero-order chi connectivity index (χ0) is 14.8. The first-order valence-electron chi connectivity index (χ1n) is 8.60. The second-order valence-electron chi connectivity index (χ2n) is 7.27. The van der Waals surface area contributed by atoms with E-state index < -0.39 is 0 Å². The van der Waals surface area contributed by atoms with Crippen LogP contribution in [0, 0.1) is 5.92 Å². The third kappa shape index (κ3) is 3.03. The van der Waals surface area contributed by atoms with Crippen LogP contribution in [0.25, 0.3) is 0 Å². The van der Waals surface area contributed by atoms with Gasteiger partial charge in [-0.15, -0.1) is 0 Å². The van der Waals surface area contributed by atoms with E-state index in [1.807, 2.05) is 0 Å². The lowest BCUT2D eigenvalue weighted by atomic mass is 9.97. The lowest BCUT2D eigenvalue weighted by Gasteiger charge is -2.31. The molecule has 3 nitrogen and oxygen atoms in total. The SMILES string of the molecule is CCCC1NC2(CCCC2)C(=O)N1C(C)CCC(C)C. The first-order valence-corrected chi connectivity index (χ1v) is 8.60. The Morgan fingerprint density at radius 2 is 1.90 bits per heavy atom. The van der Waals surface area contributed by atoms with E-state index >= 15 is 0 Å². The smallest absolute Gasteiger partial charge is 0.244 e. The third-order valence-corrected chi connectivity index (χ3v) is 5.08. The predicted molar refractivity (Wildman–Crippen MR) is 83.4 cm³/mol. The van der Waals surface area contributed by atoms with E-state index in [2.05, 4.69) is 37.9 Å². The van der Waals surface area contributed by atoms with Gasteiger partial charge in [0, 0.05) is 6.04 Å². The molecule has 0 aromatic carbocycles. The highest BCUT2D eigenvalue weighted by atomic mass is 16.2. The van der Waals surface area contributed by atoms with Gasteiger partial charge in [-0.1, -0.05) is 40.0 Å². The normalized spacial score (nSPS) is 26.9. The van der Waals surface area contributed by atoms with Gasteiger partial charge < -0.3 is 4.90 Å². The fraction of sp³-hybridized carbons (Fsp3) is 0.941. The highest BCUT2D eigenvalue weighted by molar-refractivity contribution is 5.89. The molecule has 0 aromatic rings. The summed E-state index contributed by atoms with van der Waals surface area (Å²) in [5.74, 6) is 1.11. The molecule has 1 N–H and O–H groups in total. The van der Waals surface area contributed by atoms with Crippen molar-refractivity contribution in [2.24, 2.45) is 5.92 Å². The molecule has 1 aliphatic carbocycles. The number of carbonyl (C=O) groups is 1. The van der Waals surface area contributed by atoms with Crippen LogP contribution in [0.5, 0.6) is 0 Å². The van der Waals surface area contributed by atoms with Gasteiger partial charge in [0.1, 0.15) is 0 Å². The molecule has 1 saturated carbocycles. The van der Waals surface area contributed by atoms with Crippen LogP contribution in [0.4, 0.5) is 0 Å². The molecule has 1 saturated heterocycles. The lowest BCUT2D eigenvalue weighted by Crippen LogP contribution is -2.45. The van der Waals surface area contributed by atoms with E-state index in [-0.39, 0.29) is 11.7 Å². The minimum Gasteiger partial charge on any atom is -0.323 e. The summed E-state index contributed by atoms with van der Waals surface area (Å²) >= 11 is 0. The fourth-order valence-electron chi connectivity index (χ4n) is 3.88. The molecule has 20 heavy (non-hydrogen) atoms. The Labute approximate surface area is 124 Å². The Morgan fingerprint density at radius 1 is 1.25 bits per heavy atom. The molecular weight excluding hydrogens is 248 g/mol. The van der Waals surface area contributed by atoms with Crippen LogP contribution in [0.3, 0.4) is 0 Å². The van der Waals surface area contributed by atoms with Gasteiger partial charge in [0.05, 0.1) is 11.7 Å². The van der Waals surface area contributed by atoms with Gasteiger partial charge in [-0.05, 0) is 44.9 Å². The van der Waals surface area contributed by atoms with Crippen LogP contribution < -0.4 is 5.32 Å². The first kappa shape index (κ1) is 15.8. The summed E-state index contributed by atoms with van der Waals surface area (Å²) in [7, 11) is 0. The highest BCUT2D eigenvalue weighted by Gasteiger charge is 2.52. The van der Waals surface area contributed by atoms with Crippen molar-refractivity contribution in [2.75, 3.05) is 0 Å². The van der Waals surface area contributed by atoms with Crippen molar-refractivity contribution in [1.29, 1.82) is 0 Å². The van der Waals surface area contributed by atoms with Crippen molar-refractivity contribution < 1.29 is 4.79 Å². The number of carbonyl (C=O) groups excluding carboxylic acids is 1. The van der Waals surface area contributed by atoms with Gasteiger partial charge >= 0.3 is 0 Å². The van der Waals surface area contributed by atoms with Gasteiger partial charge in [0.25, 0.3) is 0 Å². The molecule has 2 atom stereocenters. The van der Waals surface area contributed by atoms with Crippen molar-refractivity contribution in [3.63, 3.8) is 0 Å². The molecule has 1 amide bonds. The van der Waals surface area contributed by atoms with Crippen molar-refractivity contribution >= 4 is 5.91 Å². The van der Waals surface area contributed by atoms with Gasteiger partial charge in [-0.3, -0.25) is 10.1 Å². The summed E-state index contributed by atoms with van der Waals surface area (Å²) in [6.45, 7) is 8.97. The van der Waals surface area contributed by atoms with Crippen LogP contribution in [0.15, 0.2) is 0 Å². The van der Waals surface area contributed by atoms with Gasteiger partial charge in [0.15, 0.2) is 0 Å². The largest absolute Gasteiger partial charge is 0.323 e. The van der Waals surface area contributed by atoms with Crippen LogP contribution in [-0.2, 0) is 4.79 Å². The summed E-state index contributed by atoms with van der Waals surface area (Å²) in [4.78, 5) is 15.2. The fourth-order valence-corrected chi connectivity index (χ4v) is 3.88.